The minimum absolute atomic E-state index is 0.314. The first-order chi connectivity index (χ1) is 7.66. The normalized spacial score (nSPS) is 12.8. The molecule has 0 aliphatic heterocycles. The Morgan fingerprint density at radius 3 is 1.82 bits per heavy atom. The minimum atomic E-state index is 0.314. The number of hydrogen-bond acceptors (Lipinski definition) is 2. The molecule has 0 saturated carbocycles. The Kier molecular flexibility index (Phi) is 5.03. The van der Waals surface area contributed by atoms with E-state index in [1.165, 1.54) is 10.5 Å². The predicted octanol–water partition coefficient (Wildman–Crippen LogP) is 5.81. The molecule has 0 unspecified atom stereocenters. The number of rotatable bonds is 3. The highest BCUT2D eigenvalue weighted by Gasteiger charge is 2.13. The molecular formula is C15H24S2. The van der Waals surface area contributed by atoms with Crippen LogP contribution < -0.4 is 0 Å². The highest BCUT2D eigenvalue weighted by atomic mass is 33.1. The van der Waals surface area contributed by atoms with Gasteiger partial charge in [0, 0.05) is 9.64 Å². The van der Waals surface area contributed by atoms with E-state index in [9.17, 15) is 0 Å². The van der Waals surface area contributed by atoms with Crippen LogP contribution in [0.4, 0.5) is 0 Å². The van der Waals surface area contributed by atoms with E-state index in [0.717, 1.165) is 6.42 Å². The quantitative estimate of drug-likeness (QED) is 0.634. The van der Waals surface area contributed by atoms with Crippen LogP contribution >= 0.6 is 21.6 Å². The highest BCUT2D eigenvalue weighted by molar-refractivity contribution is 8.77. The molecule has 0 aliphatic rings. The Balaban J connectivity index is 2.56. The lowest BCUT2D eigenvalue weighted by atomic mass is 9.88. The second-order valence-corrected chi connectivity index (χ2v) is 9.69. The summed E-state index contributed by atoms with van der Waals surface area (Å²) in [5, 5.41) is 0. The van der Waals surface area contributed by atoms with E-state index in [4.69, 9.17) is 0 Å². The third-order valence-electron chi connectivity index (χ3n) is 2.05. The van der Waals surface area contributed by atoms with Gasteiger partial charge < -0.3 is 0 Å². The molecular weight excluding hydrogens is 244 g/mol. The molecule has 0 aromatic heterocycles. The number of hydrogen-bond donors (Lipinski definition) is 0. The van der Waals surface area contributed by atoms with Crippen molar-refractivity contribution in [3.8, 4) is 0 Å². The van der Waals surface area contributed by atoms with Gasteiger partial charge in [0.1, 0.15) is 0 Å². The maximum atomic E-state index is 2.28. The first-order valence-electron chi connectivity index (χ1n) is 6.10. The lowest BCUT2D eigenvalue weighted by Gasteiger charge is -2.19. The maximum Gasteiger partial charge on any atom is 0.0183 e. The SMILES string of the molecule is CC(C)(C)Cc1ccc(SSC(C)(C)C)cc1. The van der Waals surface area contributed by atoms with E-state index >= 15 is 0 Å². The molecule has 0 bridgehead atoms. The fourth-order valence-electron chi connectivity index (χ4n) is 1.45. The Labute approximate surface area is 114 Å². The molecule has 1 aromatic rings. The molecule has 2 heteroatoms. The van der Waals surface area contributed by atoms with Crippen molar-refractivity contribution in [2.45, 2.75) is 57.6 Å². The van der Waals surface area contributed by atoms with Crippen molar-refractivity contribution in [1.29, 1.82) is 0 Å². The van der Waals surface area contributed by atoms with Gasteiger partial charge >= 0.3 is 0 Å². The summed E-state index contributed by atoms with van der Waals surface area (Å²) in [5.41, 5.74) is 1.80. The summed E-state index contributed by atoms with van der Waals surface area (Å²) >= 11 is 0. The Bertz CT molecular complexity index is 339. The van der Waals surface area contributed by atoms with E-state index in [1.807, 2.05) is 21.6 Å². The van der Waals surface area contributed by atoms with Gasteiger partial charge in [0.15, 0.2) is 0 Å². The van der Waals surface area contributed by atoms with Crippen molar-refractivity contribution in [3.63, 3.8) is 0 Å². The fourth-order valence-corrected chi connectivity index (χ4v) is 3.41. The van der Waals surface area contributed by atoms with Gasteiger partial charge in [0.2, 0.25) is 0 Å². The maximum absolute atomic E-state index is 2.28. The Hall–Kier alpha value is -0.0800. The Morgan fingerprint density at radius 1 is 0.882 bits per heavy atom. The second-order valence-electron chi connectivity index (χ2n) is 6.66. The third kappa shape index (κ3) is 7.05. The lowest BCUT2D eigenvalue weighted by Crippen LogP contribution is -2.08. The first kappa shape index (κ1) is 15.0. The summed E-state index contributed by atoms with van der Waals surface area (Å²) in [7, 11) is 3.79. The van der Waals surface area contributed by atoms with Crippen LogP contribution in [0, 0.1) is 5.41 Å². The van der Waals surface area contributed by atoms with Gasteiger partial charge in [-0.25, -0.2) is 0 Å². The smallest absolute Gasteiger partial charge is 0.0183 e. The zero-order valence-electron chi connectivity index (χ0n) is 11.8. The fraction of sp³-hybridized carbons (Fsp3) is 0.600. The third-order valence-corrected chi connectivity index (χ3v) is 5.42. The summed E-state index contributed by atoms with van der Waals surface area (Å²) in [6.45, 7) is 13.6. The molecule has 96 valence electrons. The van der Waals surface area contributed by atoms with Gasteiger partial charge in [0.05, 0.1) is 0 Å². The standard InChI is InChI=1S/C15H24S2/c1-14(2,3)11-12-7-9-13(10-8-12)16-17-15(4,5)6/h7-10H,11H2,1-6H3. The van der Waals surface area contributed by atoms with Crippen LogP contribution in [0.25, 0.3) is 0 Å². The molecule has 0 atom stereocenters. The highest BCUT2D eigenvalue weighted by Crippen LogP contribution is 2.40. The summed E-state index contributed by atoms with van der Waals surface area (Å²) in [6, 6.07) is 9.00. The molecule has 0 amide bonds. The molecule has 0 radical (unpaired) electrons. The zero-order valence-corrected chi connectivity index (χ0v) is 13.5. The molecule has 0 aliphatic carbocycles. The van der Waals surface area contributed by atoms with Crippen molar-refractivity contribution in [3.05, 3.63) is 29.8 Å². The molecule has 0 nitrogen and oxygen atoms in total. The largest absolute Gasteiger partial charge is 0.0830 e. The monoisotopic (exact) mass is 268 g/mol. The summed E-state index contributed by atoms with van der Waals surface area (Å²) < 4.78 is 0.314. The van der Waals surface area contributed by atoms with E-state index in [1.54, 1.807) is 0 Å². The predicted molar refractivity (Wildman–Crippen MR) is 82.8 cm³/mol. The van der Waals surface area contributed by atoms with Gasteiger partial charge in [-0.15, -0.1) is 0 Å². The van der Waals surface area contributed by atoms with Gasteiger partial charge in [-0.2, -0.15) is 0 Å². The summed E-state index contributed by atoms with van der Waals surface area (Å²) in [5.74, 6) is 0. The molecule has 0 spiro atoms. The molecule has 0 fully saturated rings. The van der Waals surface area contributed by atoms with Crippen LogP contribution in [-0.2, 0) is 6.42 Å². The Morgan fingerprint density at radius 2 is 1.41 bits per heavy atom. The van der Waals surface area contributed by atoms with E-state index < -0.39 is 0 Å². The van der Waals surface area contributed by atoms with Crippen molar-refractivity contribution in [2.75, 3.05) is 0 Å². The molecule has 1 rings (SSSR count). The molecule has 0 heterocycles. The van der Waals surface area contributed by atoms with Crippen molar-refractivity contribution >= 4 is 21.6 Å². The summed E-state index contributed by atoms with van der Waals surface area (Å²) in [4.78, 5) is 1.35. The van der Waals surface area contributed by atoms with E-state index in [0.29, 0.717) is 10.2 Å². The molecule has 0 N–H and O–H groups in total. The van der Waals surface area contributed by atoms with E-state index in [-0.39, 0.29) is 0 Å². The van der Waals surface area contributed by atoms with Crippen molar-refractivity contribution in [2.24, 2.45) is 5.41 Å². The lowest BCUT2D eigenvalue weighted by molar-refractivity contribution is 0.411. The average molecular weight is 268 g/mol. The molecule has 17 heavy (non-hydrogen) atoms. The molecule has 1 aromatic carbocycles. The van der Waals surface area contributed by atoms with Crippen molar-refractivity contribution in [1.82, 2.24) is 0 Å². The van der Waals surface area contributed by atoms with Gasteiger partial charge in [-0.1, -0.05) is 75.3 Å². The molecule has 0 saturated heterocycles. The van der Waals surface area contributed by atoms with Crippen LogP contribution in [0.2, 0.25) is 0 Å². The topological polar surface area (TPSA) is 0 Å². The van der Waals surface area contributed by atoms with Gasteiger partial charge in [-0.05, 0) is 29.5 Å². The van der Waals surface area contributed by atoms with Crippen LogP contribution in [0.3, 0.4) is 0 Å². The van der Waals surface area contributed by atoms with Crippen LogP contribution in [-0.4, -0.2) is 4.75 Å². The zero-order chi connectivity index (χ0) is 13.1. The summed E-state index contributed by atoms with van der Waals surface area (Å²) in [6.07, 6.45) is 1.14. The van der Waals surface area contributed by atoms with E-state index in [2.05, 4.69) is 65.8 Å². The van der Waals surface area contributed by atoms with Gasteiger partial charge in [0.25, 0.3) is 0 Å². The van der Waals surface area contributed by atoms with Gasteiger partial charge in [-0.3, -0.25) is 0 Å². The van der Waals surface area contributed by atoms with Crippen LogP contribution in [0.5, 0.6) is 0 Å². The van der Waals surface area contributed by atoms with Crippen LogP contribution in [0.15, 0.2) is 29.2 Å². The second kappa shape index (κ2) is 5.71. The van der Waals surface area contributed by atoms with Crippen LogP contribution in [0.1, 0.15) is 47.1 Å². The minimum Gasteiger partial charge on any atom is -0.0830 e. The first-order valence-corrected chi connectivity index (χ1v) is 8.25. The van der Waals surface area contributed by atoms with Crippen molar-refractivity contribution < 1.29 is 0 Å². The number of benzene rings is 1. The average Bonchev–Trinajstić information content (AvgIpc) is 2.13.